The molecule has 2 heterocycles. The van der Waals surface area contributed by atoms with E-state index in [1.165, 1.54) is 15.6 Å². The maximum atomic E-state index is 13.1. The lowest BCUT2D eigenvalue weighted by Crippen LogP contribution is -2.38. The van der Waals surface area contributed by atoms with Gasteiger partial charge >= 0.3 is 0 Å². The van der Waals surface area contributed by atoms with Gasteiger partial charge in [-0.1, -0.05) is 41.4 Å². The Kier molecular flexibility index (Phi) is 7.15. The van der Waals surface area contributed by atoms with Gasteiger partial charge < -0.3 is 4.90 Å². The lowest BCUT2D eigenvalue weighted by Gasteiger charge is -2.32. The topological polar surface area (TPSA) is 64.4 Å². The normalized spacial score (nSPS) is 16.8. The Morgan fingerprint density at radius 2 is 1.94 bits per heavy atom. The Balaban J connectivity index is 1.65. The van der Waals surface area contributed by atoms with Gasteiger partial charge in [-0.05, 0) is 64.3 Å². The number of anilines is 1. The van der Waals surface area contributed by atoms with Gasteiger partial charge in [-0.2, -0.15) is 9.57 Å². The largest absolute Gasteiger partial charge is 0.363 e. The highest BCUT2D eigenvalue weighted by molar-refractivity contribution is 9.11. The van der Waals surface area contributed by atoms with Gasteiger partial charge in [0, 0.05) is 36.4 Å². The van der Waals surface area contributed by atoms with E-state index < -0.39 is 10.0 Å². The fraction of sp³-hybridized carbons (Fsp3) is 0.227. The highest BCUT2D eigenvalue weighted by atomic mass is 79.9. The zero-order valence-corrected chi connectivity index (χ0v) is 21.4. The molecule has 0 N–H and O–H groups in total. The van der Waals surface area contributed by atoms with Crippen molar-refractivity contribution in [3.63, 3.8) is 0 Å². The molecule has 4 rings (SSSR count). The van der Waals surface area contributed by atoms with Gasteiger partial charge in [-0.25, -0.2) is 8.42 Å². The van der Waals surface area contributed by atoms with Crippen LogP contribution in [0.4, 0.5) is 5.69 Å². The van der Waals surface area contributed by atoms with E-state index in [-0.39, 0.29) is 6.04 Å². The fourth-order valence-corrected chi connectivity index (χ4v) is 7.83. The molecular weight excluding hydrogens is 553 g/mol. The highest BCUT2D eigenvalue weighted by Gasteiger charge is 2.36. The molecule has 0 aliphatic carbocycles. The van der Waals surface area contributed by atoms with Crippen LogP contribution in [-0.2, 0) is 16.6 Å². The van der Waals surface area contributed by atoms with Gasteiger partial charge in [-0.15, -0.1) is 11.3 Å². The third-order valence-electron chi connectivity index (χ3n) is 5.41. The monoisotopic (exact) mass is 569 g/mol. The second-order valence-corrected chi connectivity index (χ2v) is 12.8. The van der Waals surface area contributed by atoms with Gasteiger partial charge in [0.25, 0.3) is 10.0 Å². The molecule has 0 amide bonds. The average Bonchev–Trinajstić information content (AvgIpc) is 3.43. The van der Waals surface area contributed by atoms with Crippen molar-refractivity contribution in [2.75, 3.05) is 18.0 Å². The number of hydrogen-bond acceptors (Lipinski definition) is 5. The number of benzene rings is 2. The van der Waals surface area contributed by atoms with Gasteiger partial charge in [0.15, 0.2) is 0 Å². The first-order valence-corrected chi connectivity index (χ1v) is 13.6. The zero-order valence-electron chi connectivity index (χ0n) is 16.7. The first-order chi connectivity index (χ1) is 15.3. The molecule has 1 aromatic heterocycles. The SMILES string of the molecule is N#Cc1ccc(N(Cc2ccccc2Cl)[C@H]2CCN(S(=O)(=O)c3ccc(Br)s3)C2)cc1Cl. The molecule has 0 bridgehead atoms. The second-order valence-electron chi connectivity index (χ2n) is 7.36. The minimum Gasteiger partial charge on any atom is -0.363 e. The van der Waals surface area contributed by atoms with Crippen molar-refractivity contribution in [3.8, 4) is 6.07 Å². The minimum absolute atomic E-state index is 0.0755. The maximum absolute atomic E-state index is 13.1. The summed E-state index contributed by atoms with van der Waals surface area (Å²) in [6.45, 7) is 1.26. The number of nitriles is 1. The van der Waals surface area contributed by atoms with Crippen LogP contribution in [0.2, 0.25) is 10.0 Å². The molecule has 166 valence electrons. The van der Waals surface area contributed by atoms with Crippen molar-refractivity contribution in [3.05, 3.63) is 79.6 Å². The first-order valence-electron chi connectivity index (χ1n) is 9.75. The summed E-state index contributed by atoms with van der Waals surface area (Å²) in [5.74, 6) is 0. The molecule has 3 aromatic rings. The van der Waals surface area contributed by atoms with Crippen molar-refractivity contribution in [2.24, 2.45) is 0 Å². The molecule has 2 aromatic carbocycles. The van der Waals surface area contributed by atoms with Crippen LogP contribution in [0.25, 0.3) is 0 Å². The highest BCUT2D eigenvalue weighted by Crippen LogP contribution is 2.34. The van der Waals surface area contributed by atoms with Gasteiger partial charge in [0.2, 0.25) is 0 Å². The van der Waals surface area contributed by atoms with Gasteiger partial charge in [0.05, 0.1) is 14.4 Å². The van der Waals surface area contributed by atoms with Crippen molar-refractivity contribution in [1.82, 2.24) is 4.31 Å². The smallest absolute Gasteiger partial charge is 0.252 e. The van der Waals surface area contributed by atoms with E-state index in [9.17, 15) is 13.7 Å². The summed E-state index contributed by atoms with van der Waals surface area (Å²) < 4.78 is 28.9. The number of rotatable bonds is 6. The molecule has 10 heteroatoms. The summed E-state index contributed by atoms with van der Waals surface area (Å²) in [7, 11) is -3.57. The number of thiophene rings is 1. The van der Waals surface area contributed by atoms with Crippen LogP contribution in [0, 0.1) is 11.3 Å². The van der Waals surface area contributed by atoms with Crippen LogP contribution in [0.3, 0.4) is 0 Å². The minimum atomic E-state index is -3.57. The Labute approximate surface area is 210 Å². The van der Waals surface area contributed by atoms with E-state index in [0.29, 0.717) is 45.9 Å². The third kappa shape index (κ3) is 4.84. The van der Waals surface area contributed by atoms with Crippen molar-refractivity contribution >= 4 is 66.2 Å². The Morgan fingerprint density at radius 3 is 2.59 bits per heavy atom. The lowest BCUT2D eigenvalue weighted by molar-refractivity contribution is 0.470. The fourth-order valence-electron chi connectivity index (χ4n) is 3.76. The molecule has 0 saturated carbocycles. The maximum Gasteiger partial charge on any atom is 0.252 e. The predicted molar refractivity (Wildman–Crippen MR) is 133 cm³/mol. The molecule has 5 nitrogen and oxygen atoms in total. The average molecular weight is 571 g/mol. The van der Waals surface area contributed by atoms with Crippen LogP contribution >= 0.6 is 50.5 Å². The van der Waals surface area contributed by atoms with Crippen LogP contribution in [0.5, 0.6) is 0 Å². The molecule has 0 spiro atoms. The summed E-state index contributed by atoms with van der Waals surface area (Å²) in [5.41, 5.74) is 2.14. The molecular formula is C22H18BrCl2N3O2S2. The Hall–Kier alpha value is -1.60. The molecule has 1 fully saturated rings. The van der Waals surface area contributed by atoms with E-state index >= 15 is 0 Å². The van der Waals surface area contributed by atoms with Gasteiger partial charge in [-0.3, -0.25) is 0 Å². The van der Waals surface area contributed by atoms with E-state index in [0.717, 1.165) is 15.0 Å². The summed E-state index contributed by atoms with van der Waals surface area (Å²) >= 11 is 17.3. The van der Waals surface area contributed by atoms with Crippen LogP contribution in [0.15, 0.2) is 62.6 Å². The van der Waals surface area contributed by atoms with E-state index in [1.807, 2.05) is 30.3 Å². The Bertz CT molecular complexity index is 1290. The van der Waals surface area contributed by atoms with E-state index in [4.69, 9.17) is 23.2 Å². The summed E-state index contributed by atoms with van der Waals surface area (Å²) in [6.07, 6.45) is 0.661. The molecule has 0 radical (unpaired) electrons. The van der Waals surface area contributed by atoms with E-state index in [2.05, 4.69) is 26.9 Å². The molecule has 1 aliphatic heterocycles. The predicted octanol–water partition coefficient (Wildman–Crippen LogP) is 6.16. The van der Waals surface area contributed by atoms with Crippen molar-refractivity contribution in [2.45, 2.75) is 23.2 Å². The van der Waals surface area contributed by atoms with Crippen LogP contribution < -0.4 is 4.90 Å². The molecule has 1 atom stereocenters. The molecule has 1 saturated heterocycles. The quantitative estimate of drug-likeness (QED) is 0.356. The summed E-state index contributed by atoms with van der Waals surface area (Å²) in [6, 6.07) is 18.2. The number of hydrogen-bond donors (Lipinski definition) is 0. The third-order valence-corrected chi connectivity index (χ3v) is 10.1. The first kappa shape index (κ1) is 23.6. The summed E-state index contributed by atoms with van der Waals surface area (Å²) in [4.78, 5) is 2.12. The Morgan fingerprint density at radius 1 is 1.16 bits per heavy atom. The molecule has 32 heavy (non-hydrogen) atoms. The lowest BCUT2D eigenvalue weighted by atomic mass is 10.1. The number of sulfonamides is 1. The number of halogens is 3. The van der Waals surface area contributed by atoms with Crippen molar-refractivity contribution in [1.29, 1.82) is 5.26 Å². The van der Waals surface area contributed by atoms with Gasteiger partial charge in [0.1, 0.15) is 10.3 Å². The number of nitrogens with zero attached hydrogens (tertiary/aromatic N) is 3. The van der Waals surface area contributed by atoms with E-state index in [1.54, 1.807) is 24.3 Å². The summed E-state index contributed by atoms with van der Waals surface area (Å²) in [5, 5.41) is 10.2. The van der Waals surface area contributed by atoms with Crippen LogP contribution in [-0.4, -0.2) is 31.9 Å². The molecule has 1 aliphatic rings. The zero-order chi connectivity index (χ0) is 22.9. The molecule has 0 unspecified atom stereocenters. The van der Waals surface area contributed by atoms with Crippen molar-refractivity contribution < 1.29 is 8.42 Å². The van der Waals surface area contributed by atoms with Crippen LogP contribution in [0.1, 0.15) is 17.5 Å². The standard InChI is InChI=1S/C22H18BrCl2N3O2S2/c23-21-7-8-22(31-21)32(29,30)27-10-9-18(14-27)28(13-16-3-1-2-4-19(16)24)17-6-5-15(12-26)20(25)11-17/h1-8,11,18H,9-10,13-14H2/t18-/m0/s1. The second kappa shape index (κ2) is 9.72.